The lowest BCUT2D eigenvalue weighted by Gasteiger charge is -2.30. The van der Waals surface area contributed by atoms with Crippen molar-refractivity contribution in [2.45, 2.75) is 90.2 Å². The van der Waals surface area contributed by atoms with Crippen LogP contribution in [0.25, 0.3) is 21.5 Å². The molecule has 2 atom stereocenters. The standard InChI is InChI=1S/C52H61N3O22S5/c1-6-53-40-14-12-36-38(29-34(79(62,63)64)31-42(36)81(68,69)70)49(40)51(3,20-8-28-78(59,60)61)44(53)16-10-33(2)11-17-45-52(4,21-23-75-26-27-76-25-24-74-5)50-39-30-35(80(65,66)67)32-43(82(71,72)73)37(39)13-15-41(50)54(45)22-7-9-48(58)77-55-46(56)18-19-47(55)57/h10-19,29-32H,6-9,20-28H2,1-5H3,(H6-,56,57,59,60,61,62,63,64,65,66,67,68,69,70,71,72,73)/p+1. The molecule has 5 aromatic rings. The van der Waals surface area contributed by atoms with Crippen molar-refractivity contribution in [3.63, 3.8) is 0 Å². The Morgan fingerprint density at radius 1 is 0.659 bits per heavy atom. The summed E-state index contributed by atoms with van der Waals surface area (Å²) in [5.74, 6) is -2.68. The molecule has 2 aliphatic heterocycles. The van der Waals surface area contributed by atoms with Crippen LogP contribution < -0.4 is 9.74 Å². The largest absolute Gasteiger partial charge is 0.492 e. The third kappa shape index (κ3) is 13.6. The molecule has 0 spiro atoms. The van der Waals surface area contributed by atoms with Gasteiger partial charge < -0.3 is 34.2 Å². The van der Waals surface area contributed by atoms with Gasteiger partial charge in [0.15, 0.2) is 5.71 Å². The SMILES string of the molecule is CCN1C(=CC=C(C)C=CC2=[N+](CCCC(=O)On3c(O)ccc3O)c3ccc4c(S(=O)(=O)O)cc(S(=O)(=O)O)cc4c3C2(C)CCOCCOCCOC)C(C)(CCCS(=O)(=O)O)c2c1ccc1c(S(=O)(=O)O)cc(S(=O)(=O)O)cc21. The zero-order valence-corrected chi connectivity index (χ0v) is 49.0. The number of hydrogen-bond acceptors (Lipinski definition) is 18. The number of anilines is 1. The molecule has 0 amide bonds. The number of methoxy groups -OCH3 is 1. The van der Waals surface area contributed by atoms with Crippen LogP contribution in [-0.4, -0.2) is 155 Å². The zero-order chi connectivity index (χ0) is 60.5. The number of rotatable bonds is 26. The van der Waals surface area contributed by atoms with Crippen LogP contribution in [0.15, 0.2) is 116 Å². The highest BCUT2D eigenvalue weighted by Crippen LogP contribution is 2.54. The number of likely N-dealkylation sites (N-methyl/N-ethyl adjacent to an activating group) is 1. The first-order valence-corrected chi connectivity index (χ1v) is 32.5. The van der Waals surface area contributed by atoms with Gasteiger partial charge >= 0.3 is 5.97 Å². The van der Waals surface area contributed by atoms with E-state index in [0.717, 1.165) is 24.3 Å². The van der Waals surface area contributed by atoms with Gasteiger partial charge in [0.2, 0.25) is 17.4 Å². The smallest absolute Gasteiger partial charge is 0.333 e. The highest BCUT2D eigenvalue weighted by atomic mass is 32.2. The number of fused-ring (bicyclic) bond motifs is 6. The molecule has 82 heavy (non-hydrogen) atoms. The summed E-state index contributed by atoms with van der Waals surface area (Å²) in [5, 5.41) is 20.0. The van der Waals surface area contributed by atoms with Crippen LogP contribution >= 0.6 is 0 Å². The molecule has 446 valence electrons. The molecule has 1 aromatic heterocycles. The Morgan fingerprint density at radius 3 is 1.74 bits per heavy atom. The summed E-state index contributed by atoms with van der Waals surface area (Å²) in [4.78, 5) is 16.8. The normalized spacial score (nSPS) is 18.6. The fourth-order valence-electron chi connectivity index (χ4n) is 10.7. The monoisotopic (exact) mass is 1240 g/mol. The third-order valence-corrected chi connectivity index (χ3v) is 18.6. The lowest BCUT2D eigenvalue weighted by Crippen LogP contribution is -2.33. The van der Waals surface area contributed by atoms with Gasteiger partial charge in [-0.1, -0.05) is 23.8 Å². The van der Waals surface area contributed by atoms with E-state index in [1.165, 1.54) is 19.2 Å². The Morgan fingerprint density at radius 2 is 1.21 bits per heavy atom. The summed E-state index contributed by atoms with van der Waals surface area (Å²) in [6, 6.07) is 11.4. The van der Waals surface area contributed by atoms with Gasteiger partial charge in [0, 0.05) is 84.1 Å². The van der Waals surface area contributed by atoms with Crippen LogP contribution in [-0.2, 0) is 80.4 Å². The van der Waals surface area contributed by atoms with E-state index in [4.69, 9.17) is 19.0 Å². The number of aromatic nitrogens is 1. The fraction of sp³-hybridized carbons (Fsp3) is 0.385. The second-order valence-corrected chi connectivity index (χ2v) is 27.1. The minimum atomic E-state index is -5.15. The molecular formula is C52H62N3O22S5+. The molecule has 4 aromatic carbocycles. The minimum absolute atomic E-state index is 0.00250. The van der Waals surface area contributed by atoms with E-state index in [1.807, 2.05) is 4.90 Å². The average Bonchev–Trinajstić information content (AvgIpc) is 1.64. The van der Waals surface area contributed by atoms with Crippen molar-refractivity contribution in [3.05, 3.63) is 107 Å². The molecule has 2 unspecified atom stereocenters. The molecule has 0 aliphatic carbocycles. The maximum atomic E-state index is 13.2. The summed E-state index contributed by atoms with van der Waals surface area (Å²) in [5.41, 5.74) is 0.379. The number of carbonyl (C=O) groups is 1. The summed E-state index contributed by atoms with van der Waals surface area (Å²) in [6.45, 7) is 8.18. The maximum Gasteiger partial charge on any atom is 0.333 e. The minimum Gasteiger partial charge on any atom is -0.492 e. The van der Waals surface area contributed by atoms with Gasteiger partial charge in [0.25, 0.3) is 50.6 Å². The van der Waals surface area contributed by atoms with Crippen molar-refractivity contribution in [2.24, 2.45) is 0 Å². The topological polar surface area (TPSA) is 377 Å². The molecule has 7 rings (SSSR count). The molecule has 0 fully saturated rings. The summed E-state index contributed by atoms with van der Waals surface area (Å²) in [6.07, 6.45) is 6.46. The Bertz CT molecular complexity index is 4060. The molecule has 3 heterocycles. The lowest BCUT2D eigenvalue weighted by molar-refractivity contribution is -0.438. The van der Waals surface area contributed by atoms with E-state index in [-0.39, 0.29) is 93.2 Å². The average molecular weight is 1240 g/mol. The van der Waals surface area contributed by atoms with Crippen molar-refractivity contribution < 1.29 is 103 Å². The predicted octanol–water partition coefficient (Wildman–Crippen LogP) is 5.91. The van der Waals surface area contributed by atoms with Crippen molar-refractivity contribution in [1.29, 1.82) is 0 Å². The summed E-state index contributed by atoms with van der Waals surface area (Å²) >= 11 is 0. The van der Waals surface area contributed by atoms with Gasteiger partial charge in [-0.05, 0) is 106 Å². The maximum absolute atomic E-state index is 13.2. The second kappa shape index (κ2) is 24.2. The van der Waals surface area contributed by atoms with Gasteiger partial charge in [-0.2, -0.15) is 46.7 Å². The van der Waals surface area contributed by atoms with Crippen LogP contribution in [0.2, 0.25) is 0 Å². The van der Waals surface area contributed by atoms with E-state index in [9.17, 15) is 79.9 Å². The predicted molar refractivity (Wildman–Crippen MR) is 298 cm³/mol. The quantitative estimate of drug-likeness (QED) is 0.0146. The van der Waals surface area contributed by atoms with Crippen LogP contribution in [0, 0.1) is 0 Å². The van der Waals surface area contributed by atoms with Crippen LogP contribution in [0.4, 0.5) is 11.4 Å². The van der Waals surface area contributed by atoms with E-state index < -0.39 is 104 Å². The van der Waals surface area contributed by atoms with Gasteiger partial charge in [-0.25, -0.2) is 4.79 Å². The first-order chi connectivity index (χ1) is 38.2. The molecule has 0 saturated heterocycles. The first kappa shape index (κ1) is 63.5. The van der Waals surface area contributed by atoms with Crippen molar-refractivity contribution in [1.82, 2.24) is 4.73 Å². The summed E-state index contributed by atoms with van der Waals surface area (Å²) < 4.78 is 196. The second-order valence-electron chi connectivity index (χ2n) is 19.9. The molecule has 0 radical (unpaired) electrons. The lowest BCUT2D eigenvalue weighted by atomic mass is 9.74. The van der Waals surface area contributed by atoms with E-state index in [0.29, 0.717) is 63.0 Å². The van der Waals surface area contributed by atoms with Crippen molar-refractivity contribution in [2.75, 3.05) is 63.9 Å². The van der Waals surface area contributed by atoms with Gasteiger partial charge in [-0.15, -0.1) is 4.73 Å². The molecule has 25 nitrogen and oxygen atoms in total. The van der Waals surface area contributed by atoms with Gasteiger partial charge in [0.1, 0.15) is 16.3 Å². The van der Waals surface area contributed by atoms with Crippen molar-refractivity contribution >= 4 is 95.2 Å². The number of hydrogen-bond donors (Lipinski definition) is 7. The first-order valence-electron chi connectivity index (χ1n) is 25.2. The Labute approximate surface area is 474 Å². The zero-order valence-electron chi connectivity index (χ0n) is 44.9. The number of aromatic hydroxyl groups is 2. The molecule has 0 saturated carbocycles. The van der Waals surface area contributed by atoms with E-state index in [1.54, 1.807) is 68.7 Å². The van der Waals surface area contributed by atoms with E-state index >= 15 is 0 Å². The van der Waals surface area contributed by atoms with E-state index in [2.05, 4.69) is 0 Å². The Hall–Kier alpha value is -6.13. The van der Waals surface area contributed by atoms with Gasteiger partial charge in [-0.3, -0.25) is 22.8 Å². The van der Waals surface area contributed by atoms with Gasteiger partial charge in [0.05, 0.1) is 53.8 Å². The number of benzene rings is 4. The number of allylic oxidation sites excluding steroid dienone is 6. The highest BCUT2D eigenvalue weighted by Gasteiger charge is 2.50. The number of carbonyl (C=O) groups excluding carboxylic acids is 1. The Balaban J connectivity index is 1.41. The van der Waals surface area contributed by atoms with Crippen LogP contribution in [0.3, 0.4) is 0 Å². The summed E-state index contributed by atoms with van der Waals surface area (Å²) in [7, 11) is -23.5. The fourth-order valence-corrected chi connectivity index (χ4v) is 13.8. The van der Waals surface area contributed by atoms with Crippen LogP contribution in [0.1, 0.15) is 70.9 Å². The molecule has 7 N–H and O–H groups in total. The van der Waals surface area contributed by atoms with Crippen LogP contribution in [0.5, 0.6) is 11.8 Å². The Kier molecular flexibility index (Phi) is 18.7. The number of nitrogens with zero attached hydrogens (tertiary/aromatic N) is 3. The van der Waals surface area contributed by atoms with Crippen molar-refractivity contribution in [3.8, 4) is 11.8 Å². The molecular weight excluding hydrogens is 1180 g/mol. The third-order valence-electron chi connectivity index (χ3n) is 14.4. The molecule has 0 bridgehead atoms. The molecule has 30 heteroatoms. The highest BCUT2D eigenvalue weighted by molar-refractivity contribution is 7.87. The molecule has 2 aliphatic rings. The number of ether oxygens (including phenoxy) is 3.